The summed E-state index contributed by atoms with van der Waals surface area (Å²) in [5.74, 6) is 0.952. The molecule has 0 aliphatic carbocycles. The zero-order valence-electron chi connectivity index (χ0n) is 21.3. The van der Waals surface area contributed by atoms with Crippen molar-refractivity contribution in [2.45, 2.75) is 32.9 Å². The Morgan fingerprint density at radius 1 is 0.838 bits per heavy atom. The highest BCUT2D eigenvalue weighted by Gasteiger charge is 2.15. The van der Waals surface area contributed by atoms with Gasteiger partial charge in [0.1, 0.15) is 6.54 Å². The molecule has 0 bridgehead atoms. The molecule has 0 saturated carbocycles. The van der Waals surface area contributed by atoms with E-state index in [1.165, 1.54) is 9.13 Å². The van der Waals surface area contributed by atoms with Gasteiger partial charge in [0.25, 0.3) is 5.56 Å². The number of aromatic nitrogens is 2. The Labute approximate surface area is 215 Å². The monoisotopic (exact) mass is 501 g/mol. The molecule has 0 aliphatic heterocycles. The van der Waals surface area contributed by atoms with Gasteiger partial charge >= 0.3 is 5.69 Å². The van der Waals surface area contributed by atoms with Crippen molar-refractivity contribution in [3.8, 4) is 11.5 Å². The van der Waals surface area contributed by atoms with Gasteiger partial charge < -0.3 is 14.8 Å². The topological polar surface area (TPSA) is 91.6 Å². The molecule has 1 heterocycles. The van der Waals surface area contributed by atoms with Crippen LogP contribution in [0.25, 0.3) is 10.9 Å². The molecule has 0 aliphatic rings. The lowest BCUT2D eigenvalue weighted by molar-refractivity contribution is -0.121. The zero-order chi connectivity index (χ0) is 26.4. The third-order valence-electron chi connectivity index (χ3n) is 6.32. The minimum Gasteiger partial charge on any atom is -0.493 e. The lowest BCUT2D eigenvalue weighted by Gasteiger charge is -2.14. The van der Waals surface area contributed by atoms with E-state index in [1.54, 1.807) is 38.5 Å². The first-order valence-corrected chi connectivity index (χ1v) is 12.2. The van der Waals surface area contributed by atoms with Crippen LogP contribution in [0.5, 0.6) is 11.5 Å². The van der Waals surface area contributed by atoms with E-state index in [-0.39, 0.29) is 24.6 Å². The second-order valence-corrected chi connectivity index (χ2v) is 8.87. The van der Waals surface area contributed by atoms with Crippen LogP contribution in [-0.2, 0) is 30.7 Å². The average molecular weight is 502 g/mol. The van der Waals surface area contributed by atoms with Crippen LogP contribution < -0.4 is 26.0 Å². The molecule has 8 heteroatoms. The maximum absolute atomic E-state index is 13.4. The number of nitrogens with zero attached hydrogens (tertiary/aromatic N) is 2. The number of rotatable bonds is 10. The van der Waals surface area contributed by atoms with Gasteiger partial charge in [-0.1, -0.05) is 48.0 Å². The number of methoxy groups -OCH3 is 2. The Balaban J connectivity index is 1.51. The number of para-hydroxylation sites is 1. The second kappa shape index (κ2) is 11.6. The first kappa shape index (κ1) is 25.8. The van der Waals surface area contributed by atoms with E-state index in [0.29, 0.717) is 41.8 Å². The Hall–Kier alpha value is -4.33. The standard InChI is InChI=1S/C29H31N3O5/c1-20-7-6-8-21(17-20)14-16-31-28(34)23-9-4-5-10-24(23)32(29(31)35)19-27(33)30-15-13-22-11-12-25(36-2)26(18-22)37-3/h4-12,17-18H,13-16,19H2,1-3H3,(H,30,33). The molecule has 8 nitrogen and oxygen atoms in total. The van der Waals surface area contributed by atoms with E-state index in [2.05, 4.69) is 5.32 Å². The summed E-state index contributed by atoms with van der Waals surface area (Å²) in [5, 5.41) is 3.28. The van der Waals surface area contributed by atoms with E-state index in [4.69, 9.17) is 9.47 Å². The van der Waals surface area contributed by atoms with Crippen LogP contribution in [0, 0.1) is 6.92 Å². The third-order valence-corrected chi connectivity index (χ3v) is 6.32. The van der Waals surface area contributed by atoms with Gasteiger partial charge in [0.2, 0.25) is 5.91 Å². The molecule has 0 spiro atoms. The molecular formula is C29H31N3O5. The van der Waals surface area contributed by atoms with Crippen LogP contribution in [0.3, 0.4) is 0 Å². The van der Waals surface area contributed by atoms with E-state index in [9.17, 15) is 14.4 Å². The van der Waals surface area contributed by atoms with Crippen LogP contribution in [0.4, 0.5) is 0 Å². The van der Waals surface area contributed by atoms with Crippen molar-refractivity contribution in [2.75, 3.05) is 20.8 Å². The number of aryl methyl sites for hydroxylation is 2. The van der Waals surface area contributed by atoms with Crippen LogP contribution in [0.15, 0.2) is 76.3 Å². The smallest absolute Gasteiger partial charge is 0.331 e. The van der Waals surface area contributed by atoms with E-state index in [0.717, 1.165) is 16.7 Å². The highest BCUT2D eigenvalue weighted by molar-refractivity contribution is 5.81. The predicted octanol–water partition coefficient (Wildman–Crippen LogP) is 3.09. The highest BCUT2D eigenvalue weighted by atomic mass is 16.5. The fraction of sp³-hybridized carbons (Fsp3) is 0.276. The van der Waals surface area contributed by atoms with Crippen LogP contribution >= 0.6 is 0 Å². The number of nitrogens with one attached hydrogen (secondary N) is 1. The number of hydrogen-bond acceptors (Lipinski definition) is 5. The van der Waals surface area contributed by atoms with Gasteiger partial charge in [0.15, 0.2) is 11.5 Å². The fourth-order valence-electron chi connectivity index (χ4n) is 4.41. The maximum atomic E-state index is 13.4. The van der Waals surface area contributed by atoms with Gasteiger partial charge in [-0.3, -0.25) is 18.7 Å². The summed E-state index contributed by atoms with van der Waals surface area (Å²) in [7, 11) is 3.15. The molecule has 0 atom stereocenters. The lowest BCUT2D eigenvalue weighted by Crippen LogP contribution is -2.43. The number of carbonyl (C=O) groups is 1. The summed E-state index contributed by atoms with van der Waals surface area (Å²) in [6, 6.07) is 20.5. The SMILES string of the molecule is COc1ccc(CCNC(=O)Cn2c(=O)n(CCc3cccc(C)c3)c(=O)c3ccccc32)cc1OC. The van der Waals surface area contributed by atoms with E-state index >= 15 is 0 Å². The molecule has 0 radical (unpaired) electrons. The van der Waals surface area contributed by atoms with Crippen molar-refractivity contribution in [3.05, 3.63) is 104 Å². The quantitative estimate of drug-likeness (QED) is 0.361. The van der Waals surface area contributed by atoms with Gasteiger partial charge in [-0.05, 0) is 55.2 Å². The van der Waals surface area contributed by atoms with E-state index in [1.807, 2.05) is 49.4 Å². The number of carbonyl (C=O) groups excluding carboxylic acids is 1. The molecule has 0 fully saturated rings. The minimum atomic E-state index is -0.494. The Kier molecular flexibility index (Phi) is 8.08. The molecule has 4 aromatic rings. The van der Waals surface area contributed by atoms with Crippen molar-refractivity contribution in [1.82, 2.24) is 14.5 Å². The molecule has 1 amide bonds. The highest BCUT2D eigenvalue weighted by Crippen LogP contribution is 2.27. The number of benzene rings is 3. The number of hydrogen-bond donors (Lipinski definition) is 1. The predicted molar refractivity (Wildman–Crippen MR) is 144 cm³/mol. The number of amides is 1. The summed E-state index contributed by atoms with van der Waals surface area (Å²) in [4.78, 5) is 39.3. The Bertz CT molecular complexity index is 1540. The molecule has 1 aromatic heterocycles. The van der Waals surface area contributed by atoms with Crippen molar-refractivity contribution in [2.24, 2.45) is 0 Å². The second-order valence-electron chi connectivity index (χ2n) is 8.87. The van der Waals surface area contributed by atoms with Crippen LogP contribution in [-0.4, -0.2) is 35.8 Å². The number of fused-ring (bicyclic) bond motifs is 1. The molecule has 0 saturated heterocycles. The average Bonchev–Trinajstić information content (AvgIpc) is 2.91. The van der Waals surface area contributed by atoms with E-state index < -0.39 is 5.69 Å². The van der Waals surface area contributed by atoms with Crippen LogP contribution in [0.2, 0.25) is 0 Å². The normalized spacial score (nSPS) is 10.9. The van der Waals surface area contributed by atoms with Crippen molar-refractivity contribution in [1.29, 1.82) is 0 Å². The summed E-state index contributed by atoms with van der Waals surface area (Å²) in [5.41, 5.74) is 2.74. The molecular weight excluding hydrogens is 470 g/mol. The zero-order valence-corrected chi connectivity index (χ0v) is 21.3. The van der Waals surface area contributed by atoms with Gasteiger partial charge in [-0.2, -0.15) is 0 Å². The summed E-state index contributed by atoms with van der Waals surface area (Å²) in [6.07, 6.45) is 1.12. The van der Waals surface area contributed by atoms with Crippen molar-refractivity contribution >= 4 is 16.8 Å². The first-order valence-electron chi connectivity index (χ1n) is 12.2. The molecule has 0 unspecified atom stereocenters. The molecule has 3 aromatic carbocycles. The maximum Gasteiger partial charge on any atom is 0.331 e. The third kappa shape index (κ3) is 5.91. The summed E-state index contributed by atoms with van der Waals surface area (Å²) < 4.78 is 13.2. The Morgan fingerprint density at radius 2 is 1.59 bits per heavy atom. The lowest BCUT2D eigenvalue weighted by atomic mass is 10.1. The Morgan fingerprint density at radius 3 is 2.35 bits per heavy atom. The molecule has 1 N–H and O–H groups in total. The van der Waals surface area contributed by atoms with Crippen molar-refractivity contribution in [3.63, 3.8) is 0 Å². The fourth-order valence-corrected chi connectivity index (χ4v) is 4.41. The minimum absolute atomic E-state index is 0.185. The van der Waals surface area contributed by atoms with Gasteiger partial charge in [0.05, 0.1) is 25.1 Å². The first-order chi connectivity index (χ1) is 17.9. The molecule has 4 rings (SSSR count). The van der Waals surface area contributed by atoms with Crippen LogP contribution in [0.1, 0.15) is 16.7 Å². The van der Waals surface area contributed by atoms with Gasteiger partial charge in [-0.15, -0.1) is 0 Å². The molecule has 192 valence electrons. The number of ether oxygens (including phenoxy) is 2. The van der Waals surface area contributed by atoms with Gasteiger partial charge in [0, 0.05) is 13.1 Å². The largest absolute Gasteiger partial charge is 0.493 e. The molecule has 37 heavy (non-hydrogen) atoms. The van der Waals surface area contributed by atoms with Gasteiger partial charge in [-0.25, -0.2) is 4.79 Å². The summed E-state index contributed by atoms with van der Waals surface area (Å²) >= 11 is 0. The van der Waals surface area contributed by atoms with Crippen molar-refractivity contribution < 1.29 is 14.3 Å². The summed E-state index contributed by atoms with van der Waals surface area (Å²) in [6.45, 7) is 2.43.